The Kier molecular flexibility index (Phi) is 7.22. The van der Waals surface area contributed by atoms with Gasteiger partial charge in [0, 0.05) is 19.5 Å². The van der Waals surface area contributed by atoms with E-state index in [0.29, 0.717) is 13.1 Å². The summed E-state index contributed by atoms with van der Waals surface area (Å²) >= 11 is 0. The van der Waals surface area contributed by atoms with Gasteiger partial charge in [-0.2, -0.15) is 0 Å². The number of amides is 2. The van der Waals surface area contributed by atoms with Crippen molar-refractivity contribution in [2.24, 2.45) is 0 Å². The van der Waals surface area contributed by atoms with E-state index in [1.54, 1.807) is 38.1 Å². The fourth-order valence-electron chi connectivity index (χ4n) is 2.05. The molecule has 0 saturated heterocycles. The number of nitrogens with one attached hydrogen (secondary N) is 1. The van der Waals surface area contributed by atoms with Gasteiger partial charge in [-0.25, -0.2) is 8.42 Å². The zero-order valence-electron chi connectivity index (χ0n) is 13.8. The van der Waals surface area contributed by atoms with E-state index in [2.05, 4.69) is 5.32 Å². The van der Waals surface area contributed by atoms with Gasteiger partial charge in [0.25, 0.3) is 0 Å². The minimum Gasteiger partial charge on any atom is -0.355 e. The van der Waals surface area contributed by atoms with Gasteiger partial charge in [0.1, 0.15) is 0 Å². The summed E-state index contributed by atoms with van der Waals surface area (Å²) in [5, 5.41) is 2.62. The summed E-state index contributed by atoms with van der Waals surface area (Å²) in [6.07, 6.45) is -0.135. The van der Waals surface area contributed by atoms with Gasteiger partial charge in [0.05, 0.1) is 17.2 Å². The van der Waals surface area contributed by atoms with E-state index >= 15 is 0 Å². The largest absolute Gasteiger partial charge is 0.355 e. The molecule has 6 nitrogen and oxygen atoms in total. The number of likely N-dealkylation sites (N-methyl/N-ethyl adjacent to an activating group) is 2. The van der Waals surface area contributed by atoms with Crippen LogP contribution in [0.5, 0.6) is 0 Å². The Morgan fingerprint density at radius 1 is 1.13 bits per heavy atom. The lowest BCUT2D eigenvalue weighted by Gasteiger charge is -2.20. The number of rotatable bonds is 8. The molecule has 1 rings (SSSR count). The number of carbonyl (C=O) groups excluding carboxylic acids is 2. The smallest absolute Gasteiger partial charge is 0.239 e. The molecule has 0 fully saturated rings. The van der Waals surface area contributed by atoms with E-state index in [9.17, 15) is 18.0 Å². The molecule has 1 aromatic rings. The molecule has 0 saturated carbocycles. The molecule has 23 heavy (non-hydrogen) atoms. The zero-order valence-corrected chi connectivity index (χ0v) is 14.6. The van der Waals surface area contributed by atoms with E-state index in [1.165, 1.54) is 4.90 Å². The van der Waals surface area contributed by atoms with Gasteiger partial charge in [-0.15, -0.1) is 0 Å². The predicted molar refractivity (Wildman–Crippen MR) is 88.8 cm³/mol. The Morgan fingerprint density at radius 2 is 1.74 bits per heavy atom. The normalized spacial score (nSPS) is 11.1. The average Bonchev–Trinajstić information content (AvgIpc) is 2.51. The van der Waals surface area contributed by atoms with Crippen molar-refractivity contribution < 1.29 is 18.0 Å². The van der Waals surface area contributed by atoms with Gasteiger partial charge in [-0.3, -0.25) is 9.59 Å². The Labute approximate surface area is 137 Å². The summed E-state index contributed by atoms with van der Waals surface area (Å²) in [5.74, 6) is -0.848. The van der Waals surface area contributed by atoms with Crippen molar-refractivity contribution in [3.05, 3.63) is 29.8 Å². The maximum absolute atomic E-state index is 12.2. The van der Waals surface area contributed by atoms with Crippen molar-refractivity contribution in [1.82, 2.24) is 10.2 Å². The topological polar surface area (TPSA) is 83.6 Å². The summed E-state index contributed by atoms with van der Waals surface area (Å²) in [5.41, 5.74) is 0.971. The average molecular weight is 340 g/mol. The third kappa shape index (κ3) is 6.02. The first-order chi connectivity index (χ1) is 10.8. The SMILES string of the molecule is CCNC(=O)CN(CC)C(=O)CCS(=O)(=O)c1ccc(C)cc1. The first-order valence-electron chi connectivity index (χ1n) is 7.64. The second kappa shape index (κ2) is 8.67. The van der Waals surface area contributed by atoms with Crippen LogP contribution in [0.4, 0.5) is 0 Å². The molecular weight excluding hydrogens is 316 g/mol. The Bertz CT molecular complexity index is 639. The highest BCUT2D eigenvalue weighted by Gasteiger charge is 2.20. The molecule has 0 heterocycles. The molecule has 1 N–H and O–H groups in total. The van der Waals surface area contributed by atoms with Crippen LogP contribution in [0.3, 0.4) is 0 Å². The molecule has 1 aromatic carbocycles. The predicted octanol–water partition coefficient (Wildman–Crippen LogP) is 1.14. The van der Waals surface area contributed by atoms with Gasteiger partial charge in [-0.05, 0) is 32.9 Å². The molecule has 0 aromatic heterocycles. The molecule has 0 bridgehead atoms. The molecule has 0 spiro atoms. The maximum atomic E-state index is 12.2. The van der Waals surface area contributed by atoms with Crippen LogP contribution >= 0.6 is 0 Å². The van der Waals surface area contributed by atoms with Crippen molar-refractivity contribution >= 4 is 21.7 Å². The molecule has 0 aliphatic heterocycles. The number of sulfone groups is 1. The van der Waals surface area contributed by atoms with Crippen LogP contribution in [0.1, 0.15) is 25.8 Å². The fraction of sp³-hybridized carbons (Fsp3) is 0.500. The lowest BCUT2D eigenvalue weighted by atomic mass is 10.2. The molecule has 7 heteroatoms. The maximum Gasteiger partial charge on any atom is 0.239 e. The van der Waals surface area contributed by atoms with Crippen LogP contribution < -0.4 is 5.32 Å². The van der Waals surface area contributed by atoms with Crippen LogP contribution in [-0.4, -0.2) is 50.5 Å². The van der Waals surface area contributed by atoms with E-state index in [4.69, 9.17) is 0 Å². The third-order valence-electron chi connectivity index (χ3n) is 3.41. The molecular formula is C16H24N2O4S. The molecule has 0 atom stereocenters. The van der Waals surface area contributed by atoms with E-state index in [1.807, 2.05) is 6.92 Å². The highest BCUT2D eigenvalue weighted by Crippen LogP contribution is 2.13. The minimum absolute atomic E-state index is 0.0479. The van der Waals surface area contributed by atoms with Crippen molar-refractivity contribution in [1.29, 1.82) is 0 Å². The molecule has 2 amide bonds. The Hall–Kier alpha value is -1.89. The van der Waals surface area contributed by atoms with Crippen molar-refractivity contribution in [2.45, 2.75) is 32.1 Å². The van der Waals surface area contributed by atoms with E-state index in [0.717, 1.165) is 5.56 Å². The van der Waals surface area contributed by atoms with Crippen molar-refractivity contribution in [2.75, 3.05) is 25.4 Å². The fourth-order valence-corrected chi connectivity index (χ4v) is 3.28. The monoisotopic (exact) mass is 340 g/mol. The van der Waals surface area contributed by atoms with Crippen molar-refractivity contribution in [3.8, 4) is 0 Å². The van der Waals surface area contributed by atoms with Crippen LogP contribution in [0, 0.1) is 6.92 Å². The summed E-state index contributed by atoms with van der Waals surface area (Å²) in [7, 11) is -3.50. The summed E-state index contributed by atoms with van der Waals surface area (Å²) in [6.45, 7) is 6.23. The molecule has 128 valence electrons. The summed E-state index contributed by atoms with van der Waals surface area (Å²) in [4.78, 5) is 25.2. The van der Waals surface area contributed by atoms with Gasteiger partial charge >= 0.3 is 0 Å². The quantitative estimate of drug-likeness (QED) is 0.769. The van der Waals surface area contributed by atoms with Crippen molar-refractivity contribution in [3.63, 3.8) is 0 Å². The number of nitrogens with zero attached hydrogens (tertiary/aromatic N) is 1. The minimum atomic E-state index is -3.50. The number of hydrogen-bond acceptors (Lipinski definition) is 4. The lowest BCUT2D eigenvalue weighted by molar-refractivity contribution is -0.135. The van der Waals surface area contributed by atoms with E-state index < -0.39 is 9.84 Å². The van der Waals surface area contributed by atoms with Gasteiger partial charge in [0.2, 0.25) is 11.8 Å². The third-order valence-corrected chi connectivity index (χ3v) is 5.14. The number of carbonyl (C=O) groups is 2. The highest BCUT2D eigenvalue weighted by atomic mass is 32.2. The lowest BCUT2D eigenvalue weighted by Crippen LogP contribution is -2.41. The first-order valence-corrected chi connectivity index (χ1v) is 9.29. The number of aryl methyl sites for hydroxylation is 1. The Balaban J connectivity index is 2.66. The van der Waals surface area contributed by atoms with Crippen LogP contribution in [0.15, 0.2) is 29.2 Å². The summed E-state index contributed by atoms with van der Waals surface area (Å²) < 4.78 is 24.5. The van der Waals surface area contributed by atoms with Gasteiger partial charge < -0.3 is 10.2 Å². The molecule has 0 unspecified atom stereocenters. The first kappa shape index (κ1) is 19.2. The van der Waals surface area contributed by atoms with Gasteiger partial charge in [-0.1, -0.05) is 17.7 Å². The molecule has 0 aliphatic rings. The molecule has 0 aliphatic carbocycles. The van der Waals surface area contributed by atoms with Crippen LogP contribution in [-0.2, 0) is 19.4 Å². The molecule has 0 radical (unpaired) electrons. The van der Waals surface area contributed by atoms with Crippen LogP contribution in [0.25, 0.3) is 0 Å². The zero-order chi connectivity index (χ0) is 17.5. The summed E-state index contributed by atoms with van der Waals surface area (Å²) in [6, 6.07) is 6.53. The highest BCUT2D eigenvalue weighted by molar-refractivity contribution is 7.91. The Morgan fingerprint density at radius 3 is 2.26 bits per heavy atom. The van der Waals surface area contributed by atoms with Gasteiger partial charge in [0.15, 0.2) is 9.84 Å². The number of hydrogen-bond donors (Lipinski definition) is 1. The van der Waals surface area contributed by atoms with E-state index in [-0.39, 0.29) is 35.4 Å². The second-order valence-electron chi connectivity index (χ2n) is 5.24. The van der Waals surface area contributed by atoms with Crippen LogP contribution in [0.2, 0.25) is 0 Å². The standard InChI is InChI=1S/C16H24N2O4S/c1-4-17-15(19)12-18(5-2)16(20)10-11-23(21,22)14-8-6-13(3)7-9-14/h6-9H,4-5,10-12H2,1-3H3,(H,17,19). The number of benzene rings is 1. The second-order valence-corrected chi connectivity index (χ2v) is 7.35.